The number of aliphatic hydroxyl groups excluding tert-OH is 4. The molecule has 0 amide bonds. The average Bonchev–Trinajstić information content (AvgIpc) is 3.47. The summed E-state index contributed by atoms with van der Waals surface area (Å²) in [4.78, 5) is 67.9. The fourth-order valence-electron chi connectivity index (χ4n) is 13.9. The smallest absolute Gasteiger partial charge is 0.311 e. The zero-order valence-corrected chi connectivity index (χ0v) is 40.8. The predicted octanol–water partition coefficient (Wildman–Crippen LogP) is 2.52. The Balaban J connectivity index is 1.13. The van der Waals surface area contributed by atoms with E-state index in [0.717, 1.165) is 0 Å². The van der Waals surface area contributed by atoms with Crippen molar-refractivity contribution in [2.45, 2.75) is 173 Å². The van der Waals surface area contributed by atoms with Crippen molar-refractivity contribution in [3.63, 3.8) is 0 Å². The number of nitrogens with zero attached hydrogens (tertiary/aromatic N) is 1. The van der Waals surface area contributed by atoms with Crippen molar-refractivity contribution in [1.29, 1.82) is 0 Å². The lowest BCUT2D eigenvalue weighted by molar-refractivity contribution is -0.207. The fourth-order valence-corrected chi connectivity index (χ4v) is 13.9. The van der Waals surface area contributed by atoms with Gasteiger partial charge in [-0.25, -0.2) is 4.39 Å². The Kier molecular flexibility index (Phi) is 15.8. The van der Waals surface area contributed by atoms with E-state index in [0.29, 0.717) is 38.0 Å². The second kappa shape index (κ2) is 19.9. The van der Waals surface area contributed by atoms with Gasteiger partial charge < -0.3 is 50.2 Å². The van der Waals surface area contributed by atoms with Crippen molar-refractivity contribution >= 4 is 29.5 Å². The van der Waals surface area contributed by atoms with Gasteiger partial charge in [-0.2, -0.15) is 0 Å². The third-order valence-corrected chi connectivity index (χ3v) is 17.6. The Hall–Kier alpha value is -3.16. The van der Waals surface area contributed by atoms with E-state index in [-0.39, 0.29) is 62.7 Å². The lowest BCUT2D eigenvalue weighted by atomic mass is 9.46. The average molecular weight is 949 g/mol. The summed E-state index contributed by atoms with van der Waals surface area (Å²) in [5.74, 6) is -6.96. The van der Waals surface area contributed by atoms with Crippen LogP contribution in [0, 0.1) is 52.3 Å². The molecule has 378 valence electrons. The van der Waals surface area contributed by atoms with E-state index in [1.807, 2.05) is 18.7 Å². The molecule has 0 aromatic heterocycles. The van der Waals surface area contributed by atoms with Gasteiger partial charge in [0.05, 0.1) is 36.3 Å². The number of alkyl halides is 1. The highest BCUT2D eigenvalue weighted by Gasteiger charge is 2.73. The van der Waals surface area contributed by atoms with Crippen LogP contribution in [0.4, 0.5) is 4.39 Å². The summed E-state index contributed by atoms with van der Waals surface area (Å²) in [7, 11) is 0. The minimum Gasteiger partial charge on any atom is -0.459 e. The monoisotopic (exact) mass is 949 g/mol. The normalized spacial score (nSPS) is 45.8. The first-order valence-corrected chi connectivity index (χ1v) is 24.5. The molecule has 5 aliphatic carbocycles. The highest BCUT2D eigenvalue weighted by molar-refractivity contribution is 6.01. The summed E-state index contributed by atoms with van der Waals surface area (Å²) in [6.07, 6.45) is -1.80. The van der Waals surface area contributed by atoms with Crippen LogP contribution in [0.5, 0.6) is 0 Å². The van der Waals surface area contributed by atoms with Gasteiger partial charge in [0, 0.05) is 54.6 Å². The number of nitrogens with one attached hydrogen (secondary N) is 1. The van der Waals surface area contributed by atoms with Crippen molar-refractivity contribution in [2.75, 3.05) is 32.8 Å². The van der Waals surface area contributed by atoms with Crippen molar-refractivity contribution in [2.24, 2.45) is 52.3 Å². The zero-order chi connectivity index (χ0) is 49.8. The van der Waals surface area contributed by atoms with E-state index >= 15 is 4.39 Å². The fraction of sp³-hybridized carbons (Fsp3) is 0.820. The topological polar surface area (TPSA) is 250 Å². The molecule has 7 N–H and O–H groups in total. The van der Waals surface area contributed by atoms with E-state index in [1.165, 1.54) is 32.9 Å². The molecular formula is C50H77FN2O14. The third kappa shape index (κ3) is 9.58. The molecule has 0 radical (unpaired) electrons. The number of ketones is 2. The lowest BCUT2D eigenvalue weighted by Gasteiger charge is -2.60. The molecule has 2 bridgehead atoms. The summed E-state index contributed by atoms with van der Waals surface area (Å²) >= 11 is 0. The van der Waals surface area contributed by atoms with Crippen LogP contribution in [0.15, 0.2) is 23.8 Å². The van der Waals surface area contributed by atoms with E-state index in [9.17, 15) is 54.6 Å². The maximum absolute atomic E-state index is 16.1. The number of aliphatic hydroxyl groups is 6. The second-order valence-corrected chi connectivity index (χ2v) is 21.9. The Morgan fingerprint density at radius 3 is 2.28 bits per heavy atom. The van der Waals surface area contributed by atoms with Gasteiger partial charge in [-0.05, 0) is 114 Å². The van der Waals surface area contributed by atoms with Gasteiger partial charge in [-0.1, -0.05) is 40.7 Å². The molecule has 67 heavy (non-hydrogen) atoms. The molecule has 17 heteroatoms. The molecule has 0 aromatic rings. The van der Waals surface area contributed by atoms with E-state index < -0.39 is 130 Å². The molecule has 2 saturated heterocycles. The van der Waals surface area contributed by atoms with Crippen LogP contribution in [0.2, 0.25) is 0 Å². The molecule has 3 unspecified atom stereocenters. The Bertz CT molecular complexity index is 1940. The van der Waals surface area contributed by atoms with Crippen LogP contribution in [0.25, 0.3) is 0 Å². The number of rotatable bonds is 12. The molecule has 0 spiro atoms. The van der Waals surface area contributed by atoms with E-state index in [4.69, 9.17) is 14.2 Å². The molecule has 2 aliphatic heterocycles. The summed E-state index contributed by atoms with van der Waals surface area (Å²) < 4.78 is 33.4. The van der Waals surface area contributed by atoms with Crippen LogP contribution >= 0.6 is 0 Å². The number of carbonyl (C=O) groups excluding carboxylic acids is 5. The van der Waals surface area contributed by atoms with Crippen molar-refractivity contribution in [3.8, 4) is 0 Å². The minimum atomic E-state index is -1.89. The number of allylic oxidation sites excluding steroid dienone is 4. The molecule has 17 atom stereocenters. The number of esters is 3. The molecule has 0 aromatic carbocycles. The molecular weight excluding hydrogens is 872 g/mol. The van der Waals surface area contributed by atoms with Crippen LogP contribution in [-0.2, 0) is 38.2 Å². The Morgan fingerprint density at radius 1 is 0.970 bits per heavy atom. The first kappa shape index (κ1) is 53.2. The van der Waals surface area contributed by atoms with Gasteiger partial charge in [-0.15, -0.1) is 0 Å². The highest BCUT2D eigenvalue weighted by atomic mass is 19.1. The highest BCUT2D eigenvalue weighted by Crippen LogP contribution is 2.69. The molecule has 7 aliphatic rings. The second-order valence-electron chi connectivity index (χ2n) is 21.9. The SMILES string of the molecule is CC[C@H]1OC(=O)[C@H](C)[C@@H](O)[C@H](C)[C@@H](O)[C@]2(O)C[C@H](CN(CCCNCCC(=O)O[C@]3(C(=O)COC(C)=O)[C@H](C)CC4C5C[C@H](F)C6=CC(=O)C=C[C@]6(C)C5[C@@H](O)C[C@@]43C)[C@H](C)[C@@H](O)[C@]1(C)O)C2. The number of hydrogen-bond acceptors (Lipinski definition) is 16. The van der Waals surface area contributed by atoms with E-state index in [1.54, 1.807) is 33.8 Å². The van der Waals surface area contributed by atoms with Crippen LogP contribution in [0.3, 0.4) is 0 Å². The first-order valence-electron chi connectivity index (χ1n) is 24.5. The van der Waals surface area contributed by atoms with Gasteiger partial charge in [0.15, 0.2) is 18.0 Å². The molecule has 6 fully saturated rings. The van der Waals surface area contributed by atoms with Crippen molar-refractivity contribution in [3.05, 3.63) is 23.8 Å². The van der Waals surface area contributed by atoms with Crippen LogP contribution in [-0.4, -0.2) is 157 Å². The zero-order valence-electron chi connectivity index (χ0n) is 40.8. The number of fused-ring (bicyclic) bond motifs is 16. The number of carbonyl (C=O) groups is 5. The standard InChI is InChI=1S/C50H77FN2O14/c1-10-39-48(9,63)44(61)29(5)53(24-31-21-49(64,22-31)43(60)27(3)42(59)28(4)45(62)66-39)17-11-15-52-16-13-40(58)67-50(38(57)25-65-30(6)54)26(2)18-34-33-20-36(51)35-19-32(55)12-14-46(35,7)41(33)37(56)23-47(34,50)8/h12,14,19,26-29,31,33-34,36-37,39,41-44,52,56,59-61,63-64H,10-11,13,15-18,20-25H2,1-9H3/t26-,27+,28-,29-,31-,33?,34?,36+,37+,39-,41?,42+,43-,44-,46+,47+,48-,49-,50+/m1/s1. The maximum Gasteiger partial charge on any atom is 0.311 e. The summed E-state index contributed by atoms with van der Waals surface area (Å²) in [5, 5.41) is 72.3. The molecule has 2 heterocycles. The predicted molar refractivity (Wildman–Crippen MR) is 241 cm³/mol. The summed E-state index contributed by atoms with van der Waals surface area (Å²) in [6, 6.07) is -0.662. The molecule has 7 rings (SSSR count). The Morgan fingerprint density at radius 2 is 1.64 bits per heavy atom. The molecule has 4 saturated carbocycles. The molecule has 16 nitrogen and oxygen atoms in total. The largest absolute Gasteiger partial charge is 0.459 e. The minimum absolute atomic E-state index is 0.0299. The number of halogens is 1. The Labute approximate surface area is 394 Å². The first-order chi connectivity index (χ1) is 31.2. The van der Waals surface area contributed by atoms with Crippen molar-refractivity contribution in [1.82, 2.24) is 10.2 Å². The van der Waals surface area contributed by atoms with Gasteiger partial charge >= 0.3 is 17.9 Å². The van der Waals surface area contributed by atoms with Gasteiger partial charge in [0.2, 0.25) is 5.78 Å². The lowest BCUT2D eigenvalue weighted by Crippen LogP contribution is -2.65. The van der Waals surface area contributed by atoms with Crippen molar-refractivity contribution < 1.29 is 73.2 Å². The summed E-state index contributed by atoms with van der Waals surface area (Å²) in [5.41, 5.74) is -6.93. The number of ether oxygens (including phenoxy) is 3. The van der Waals surface area contributed by atoms with Crippen LogP contribution < -0.4 is 5.32 Å². The quantitative estimate of drug-likeness (QED) is 0.0844. The van der Waals surface area contributed by atoms with Gasteiger partial charge in [0.1, 0.15) is 24.0 Å². The third-order valence-electron chi connectivity index (χ3n) is 17.6. The summed E-state index contributed by atoms with van der Waals surface area (Å²) in [6.45, 7) is 15.3. The van der Waals surface area contributed by atoms with Gasteiger partial charge in [-0.3, -0.25) is 28.9 Å². The van der Waals surface area contributed by atoms with Gasteiger partial charge in [0.25, 0.3) is 0 Å². The van der Waals surface area contributed by atoms with E-state index in [2.05, 4.69) is 5.32 Å². The maximum atomic E-state index is 16.1. The van der Waals surface area contributed by atoms with Crippen LogP contribution in [0.1, 0.15) is 114 Å². The number of hydrogen-bond donors (Lipinski definition) is 7. The number of Topliss-reactive ketones (excluding diaryl/α,β-unsaturated/α-hetero) is 1.